The molecule has 0 amide bonds. The maximum Gasteiger partial charge on any atom is 0.322 e. The second-order valence-corrected chi connectivity index (χ2v) is 3.68. The van der Waals surface area contributed by atoms with Crippen LogP contribution in [0.4, 0.5) is 15.9 Å². The average Bonchev–Trinajstić information content (AvgIpc) is 2.35. The van der Waals surface area contributed by atoms with Crippen molar-refractivity contribution in [3.05, 3.63) is 40.3 Å². The molecular weight excluding hydrogens is 257 g/mol. The molecule has 1 aromatic carbocycles. The van der Waals surface area contributed by atoms with Crippen LogP contribution in [-0.4, -0.2) is 27.5 Å². The number of nitro benzene ring substituents is 1. The van der Waals surface area contributed by atoms with E-state index in [4.69, 9.17) is 5.11 Å². The Labute approximate surface area is 105 Å². The summed E-state index contributed by atoms with van der Waals surface area (Å²) in [5.74, 6) is -1.82. The molecule has 2 N–H and O–H groups in total. The highest BCUT2D eigenvalue weighted by atomic mass is 19.1. The van der Waals surface area contributed by atoms with Gasteiger partial charge in [0.1, 0.15) is 18.2 Å². The summed E-state index contributed by atoms with van der Waals surface area (Å²) in [7, 11) is 0. The summed E-state index contributed by atoms with van der Waals surface area (Å²) < 4.78 is 13.4. The minimum atomic E-state index is -1.12. The second kappa shape index (κ2) is 4.84. The van der Waals surface area contributed by atoms with Gasteiger partial charge in [0.2, 0.25) is 0 Å². The van der Waals surface area contributed by atoms with Crippen molar-refractivity contribution in [1.29, 1.82) is 0 Å². The lowest BCUT2D eigenvalue weighted by atomic mass is 10.1. The highest BCUT2D eigenvalue weighted by Gasteiger charge is 2.16. The predicted octanol–water partition coefficient (Wildman–Crippen LogP) is 1.78. The number of pyridine rings is 1. The molecule has 0 atom stereocenters. The zero-order valence-corrected chi connectivity index (χ0v) is 9.46. The molecule has 98 valence electrons. The van der Waals surface area contributed by atoms with Gasteiger partial charge < -0.3 is 10.4 Å². The van der Waals surface area contributed by atoms with Crippen molar-refractivity contribution < 1.29 is 19.2 Å². The van der Waals surface area contributed by atoms with Gasteiger partial charge in [-0.1, -0.05) is 0 Å². The lowest BCUT2D eigenvalue weighted by Gasteiger charge is -2.07. The van der Waals surface area contributed by atoms with E-state index in [-0.39, 0.29) is 16.6 Å². The smallest absolute Gasteiger partial charge is 0.322 e. The van der Waals surface area contributed by atoms with E-state index < -0.39 is 28.9 Å². The van der Waals surface area contributed by atoms with Crippen molar-refractivity contribution in [3.8, 4) is 0 Å². The SMILES string of the molecule is O=C(O)CNc1nccc2c([N+](=O)[O-])cc(F)cc12. The van der Waals surface area contributed by atoms with Gasteiger partial charge in [0.05, 0.1) is 16.4 Å². The Morgan fingerprint density at radius 3 is 2.84 bits per heavy atom. The van der Waals surface area contributed by atoms with E-state index in [1.807, 2.05) is 0 Å². The van der Waals surface area contributed by atoms with E-state index in [0.29, 0.717) is 0 Å². The Morgan fingerprint density at radius 1 is 1.47 bits per heavy atom. The number of aliphatic carboxylic acids is 1. The van der Waals surface area contributed by atoms with Gasteiger partial charge in [0, 0.05) is 11.6 Å². The molecule has 1 aromatic heterocycles. The Balaban J connectivity index is 2.61. The Hall–Kier alpha value is -2.77. The van der Waals surface area contributed by atoms with E-state index in [0.717, 1.165) is 12.1 Å². The standard InChI is InChI=1S/C11H8FN3O4/c12-6-3-8-7(9(4-6)15(18)19)1-2-13-11(8)14-5-10(16)17/h1-4H,5H2,(H,13,14)(H,16,17). The molecule has 0 aliphatic heterocycles. The highest BCUT2D eigenvalue weighted by molar-refractivity contribution is 5.98. The van der Waals surface area contributed by atoms with Gasteiger partial charge in [-0.2, -0.15) is 0 Å². The van der Waals surface area contributed by atoms with Crippen LogP contribution in [0.5, 0.6) is 0 Å². The topological polar surface area (TPSA) is 105 Å². The van der Waals surface area contributed by atoms with Crippen LogP contribution in [-0.2, 0) is 4.79 Å². The van der Waals surface area contributed by atoms with Crippen LogP contribution in [0.1, 0.15) is 0 Å². The minimum Gasteiger partial charge on any atom is -0.480 e. The van der Waals surface area contributed by atoms with E-state index in [1.165, 1.54) is 12.3 Å². The number of benzene rings is 1. The summed E-state index contributed by atoms with van der Waals surface area (Å²) in [4.78, 5) is 24.5. The molecule has 0 bridgehead atoms. The predicted molar refractivity (Wildman–Crippen MR) is 64.5 cm³/mol. The first kappa shape index (κ1) is 12.7. The summed E-state index contributed by atoms with van der Waals surface area (Å²) in [6.45, 7) is -0.420. The molecule has 0 aliphatic carbocycles. The van der Waals surface area contributed by atoms with Gasteiger partial charge in [-0.05, 0) is 12.1 Å². The number of carboxylic acids is 1. The Bertz CT molecular complexity index is 674. The number of nitrogens with one attached hydrogen (secondary N) is 1. The van der Waals surface area contributed by atoms with Gasteiger partial charge >= 0.3 is 5.97 Å². The largest absolute Gasteiger partial charge is 0.480 e. The number of anilines is 1. The monoisotopic (exact) mass is 265 g/mol. The van der Waals surface area contributed by atoms with Crippen molar-refractivity contribution in [2.75, 3.05) is 11.9 Å². The third-order valence-corrected chi connectivity index (χ3v) is 2.43. The van der Waals surface area contributed by atoms with Crippen molar-refractivity contribution in [2.24, 2.45) is 0 Å². The fraction of sp³-hybridized carbons (Fsp3) is 0.0909. The maximum absolute atomic E-state index is 13.4. The average molecular weight is 265 g/mol. The van der Waals surface area contributed by atoms with Crippen LogP contribution in [0.2, 0.25) is 0 Å². The van der Waals surface area contributed by atoms with Crippen molar-refractivity contribution >= 4 is 28.2 Å². The summed E-state index contributed by atoms with van der Waals surface area (Å²) in [5, 5.41) is 22.3. The minimum absolute atomic E-state index is 0.0856. The summed E-state index contributed by atoms with van der Waals surface area (Å²) in [6, 6.07) is 3.25. The first-order valence-electron chi connectivity index (χ1n) is 5.17. The molecule has 8 heteroatoms. The maximum atomic E-state index is 13.4. The number of non-ortho nitro benzene ring substituents is 1. The van der Waals surface area contributed by atoms with Crippen molar-refractivity contribution in [3.63, 3.8) is 0 Å². The number of rotatable bonds is 4. The summed E-state index contributed by atoms with van der Waals surface area (Å²) in [6.07, 6.45) is 1.29. The van der Waals surface area contributed by atoms with E-state index in [9.17, 15) is 19.3 Å². The molecule has 19 heavy (non-hydrogen) atoms. The molecule has 2 aromatic rings. The van der Waals surface area contributed by atoms with Crippen LogP contribution in [0.25, 0.3) is 10.8 Å². The number of nitrogens with zero attached hydrogens (tertiary/aromatic N) is 2. The Kier molecular flexibility index (Phi) is 3.23. The number of hydrogen-bond donors (Lipinski definition) is 2. The second-order valence-electron chi connectivity index (χ2n) is 3.68. The number of carboxylic acid groups (broad SMARTS) is 1. The number of nitro groups is 1. The molecule has 7 nitrogen and oxygen atoms in total. The molecule has 0 unspecified atom stereocenters. The van der Waals surface area contributed by atoms with Gasteiger partial charge in [-0.25, -0.2) is 9.37 Å². The molecule has 2 rings (SSSR count). The summed E-state index contributed by atoms with van der Waals surface area (Å²) >= 11 is 0. The highest BCUT2D eigenvalue weighted by Crippen LogP contribution is 2.30. The lowest BCUT2D eigenvalue weighted by Crippen LogP contribution is -2.13. The molecule has 0 radical (unpaired) electrons. The number of halogens is 1. The molecule has 0 fully saturated rings. The molecule has 0 aliphatic rings. The molecule has 0 saturated heterocycles. The Morgan fingerprint density at radius 2 is 2.21 bits per heavy atom. The van der Waals surface area contributed by atoms with Crippen LogP contribution in [0.3, 0.4) is 0 Å². The van der Waals surface area contributed by atoms with Crippen LogP contribution in [0.15, 0.2) is 24.4 Å². The normalized spacial score (nSPS) is 10.4. The summed E-state index contributed by atoms with van der Waals surface area (Å²) in [5.41, 5.74) is -0.393. The molecular formula is C11H8FN3O4. The zero-order valence-electron chi connectivity index (χ0n) is 9.46. The first-order chi connectivity index (χ1) is 8.99. The van der Waals surface area contributed by atoms with Gasteiger partial charge in [0.25, 0.3) is 5.69 Å². The number of fused-ring (bicyclic) bond motifs is 1. The van der Waals surface area contributed by atoms with Crippen LogP contribution in [0, 0.1) is 15.9 Å². The zero-order chi connectivity index (χ0) is 14.0. The van der Waals surface area contributed by atoms with Gasteiger partial charge in [0.15, 0.2) is 0 Å². The third-order valence-electron chi connectivity index (χ3n) is 2.43. The number of aromatic nitrogens is 1. The number of carbonyl (C=O) groups is 1. The lowest BCUT2D eigenvalue weighted by molar-refractivity contribution is -0.383. The van der Waals surface area contributed by atoms with Crippen LogP contribution >= 0.6 is 0 Å². The fourth-order valence-electron chi connectivity index (χ4n) is 1.68. The third kappa shape index (κ3) is 2.57. The molecule has 0 saturated carbocycles. The van der Waals surface area contributed by atoms with E-state index in [2.05, 4.69) is 10.3 Å². The van der Waals surface area contributed by atoms with E-state index in [1.54, 1.807) is 0 Å². The molecule has 0 spiro atoms. The fourth-order valence-corrected chi connectivity index (χ4v) is 1.68. The van der Waals surface area contributed by atoms with Crippen molar-refractivity contribution in [2.45, 2.75) is 0 Å². The first-order valence-corrected chi connectivity index (χ1v) is 5.17. The van der Waals surface area contributed by atoms with E-state index >= 15 is 0 Å². The molecule has 1 heterocycles. The van der Waals surface area contributed by atoms with Crippen molar-refractivity contribution in [1.82, 2.24) is 4.98 Å². The van der Waals surface area contributed by atoms with Crippen LogP contribution < -0.4 is 5.32 Å². The van der Waals surface area contributed by atoms with Gasteiger partial charge in [-0.15, -0.1) is 0 Å². The van der Waals surface area contributed by atoms with Gasteiger partial charge in [-0.3, -0.25) is 14.9 Å². The quantitative estimate of drug-likeness (QED) is 0.644. The number of hydrogen-bond acceptors (Lipinski definition) is 5.